The molecule has 0 aliphatic carbocycles. The Hall–Kier alpha value is -3.12. The summed E-state index contributed by atoms with van der Waals surface area (Å²) in [7, 11) is 6.18. The molecule has 4 aromatic rings. The van der Waals surface area contributed by atoms with E-state index in [-0.39, 0.29) is 0 Å². The van der Waals surface area contributed by atoms with Crippen LogP contribution in [0.3, 0.4) is 0 Å². The predicted molar refractivity (Wildman–Crippen MR) is 120 cm³/mol. The number of rotatable bonds is 5. The average Bonchev–Trinajstić information content (AvgIpc) is 3.48. The summed E-state index contributed by atoms with van der Waals surface area (Å²) in [6.07, 6.45) is 3.30. The van der Waals surface area contributed by atoms with E-state index in [1.54, 1.807) is 0 Å². The van der Waals surface area contributed by atoms with Crippen LogP contribution in [0.1, 0.15) is 23.8 Å². The molecule has 1 atom stereocenters. The van der Waals surface area contributed by atoms with Gasteiger partial charge in [-0.2, -0.15) is 0 Å². The van der Waals surface area contributed by atoms with Gasteiger partial charge in [0.05, 0.1) is 5.92 Å². The van der Waals surface area contributed by atoms with Gasteiger partial charge in [0.1, 0.15) is 0 Å². The predicted octanol–water partition coefficient (Wildman–Crippen LogP) is 4.28. The zero-order valence-corrected chi connectivity index (χ0v) is 17.7. The zero-order chi connectivity index (χ0) is 20.7. The number of hydrogen-bond acceptors (Lipinski definition) is 5. The van der Waals surface area contributed by atoms with Crippen molar-refractivity contribution in [1.82, 2.24) is 19.7 Å². The summed E-state index contributed by atoms with van der Waals surface area (Å²) in [4.78, 5) is 4.56. The number of nitrogens with zero attached hydrogens (tertiary/aromatic N) is 5. The van der Waals surface area contributed by atoms with Crippen LogP contribution in [-0.2, 0) is 13.6 Å². The van der Waals surface area contributed by atoms with Crippen molar-refractivity contribution in [3.05, 3.63) is 66.2 Å². The molecule has 1 fully saturated rings. The molecule has 6 heteroatoms. The molecule has 3 heterocycles. The van der Waals surface area contributed by atoms with Crippen molar-refractivity contribution in [1.29, 1.82) is 0 Å². The number of aryl methyl sites for hydroxylation is 1. The first-order chi connectivity index (χ1) is 14.6. The second-order valence-corrected chi connectivity index (χ2v) is 8.39. The minimum absolute atomic E-state index is 0.294. The maximum absolute atomic E-state index is 6.06. The molecule has 1 saturated heterocycles. The van der Waals surface area contributed by atoms with Crippen LogP contribution in [0.4, 0.5) is 5.69 Å². The highest BCUT2D eigenvalue weighted by Gasteiger charge is 2.29. The maximum Gasteiger partial charge on any atom is 0.247 e. The molecular formula is C24H27N5O. The highest BCUT2D eigenvalue weighted by molar-refractivity contribution is 5.83. The lowest BCUT2D eigenvalue weighted by Crippen LogP contribution is -2.19. The van der Waals surface area contributed by atoms with Gasteiger partial charge in [-0.3, -0.25) is 4.90 Å². The minimum Gasteiger partial charge on any atom is -0.420 e. The molecule has 30 heavy (non-hydrogen) atoms. The van der Waals surface area contributed by atoms with Crippen LogP contribution in [0.25, 0.3) is 22.4 Å². The van der Waals surface area contributed by atoms with Crippen molar-refractivity contribution < 1.29 is 4.42 Å². The number of anilines is 1. The van der Waals surface area contributed by atoms with Crippen molar-refractivity contribution >= 4 is 16.6 Å². The lowest BCUT2D eigenvalue weighted by Gasteiger charge is -2.14. The topological polar surface area (TPSA) is 50.3 Å². The van der Waals surface area contributed by atoms with Gasteiger partial charge in [0.15, 0.2) is 0 Å². The van der Waals surface area contributed by atoms with Gasteiger partial charge in [-0.1, -0.05) is 18.2 Å². The summed E-state index contributed by atoms with van der Waals surface area (Å²) < 4.78 is 8.27. The number of benzene rings is 2. The van der Waals surface area contributed by atoms with Crippen LogP contribution in [-0.4, -0.2) is 46.8 Å². The Balaban J connectivity index is 1.28. The highest BCUT2D eigenvalue weighted by atomic mass is 16.4. The van der Waals surface area contributed by atoms with E-state index in [9.17, 15) is 0 Å². The molecule has 1 aliphatic heterocycles. The standard InChI is InChI=1S/C24H27N5O/c1-27(2)20-10-8-17(9-11-20)23-25-26-24(30-23)18-12-13-29(15-18)16-19-14-28(3)22-7-5-4-6-21(19)22/h4-11,14,18H,12-13,15-16H2,1-3H3/t18-/m0/s1. The van der Waals surface area contributed by atoms with Crippen molar-refractivity contribution in [3.63, 3.8) is 0 Å². The van der Waals surface area contributed by atoms with Crippen molar-refractivity contribution in [2.24, 2.45) is 7.05 Å². The van der Waals surface area contributed by atoms with Gasteiger partial charge >= 0.3 is 0 Å². The summed E-state index contributed by atoms with van der Waals surface area (Å²) >= 11 is 0. The molecule has 0 bridgehead atoms. The first kappa shape index (κ1) is 18.9. The van der Waals surface area contributed by atoms with Crippen molar-refractivity contribution in [3.8, 4) is 11.5 Å². The molecule has 2 aromatic carbocycles. The van der Waals surface area contributed by atoms with Crippen molar-refractivity contribution in [2.75, 3.05) is 32.1 Å². The Morgan fingerprint density at radius 3 is 2.67 bits per heavy atom. The zero-order valence-electron chi connectivity index (χ0n) is 17.7. The van der Waals surface area contributed by atoms with Gasteiger partial charge < -0.3 is 13.9 Å². The van der Waals surface area contributed by atoms with Gasteiger partial charge in [0.25, 0.3) is 0 Å². The van der Waals surface area contributed by atoms with E-state index >= 15 is 0 Å². The Morgan fingerprint density at radius 1 is 1.07 bits per heavy atom. The van der Waals surface area contributed by atoms with Gasteiger partial charge in [0, 0.05) is 62.6 Å². The van der Waals surface area contributed by atoms with E-state index in [4.69, 9.17) is 4.42 Å². The first-order valence-corrected chi connectivity index (χ1v) is 10.4. The molecule has 0 radical (unpaired) electrons. The van der Waals surface area contributed by atoms with Crippen LogP contribution >= 0.6 is 0 Å². The Labute approximate surface area is 176 Å². The number of hydrogen-bond donors (Lipinski definition) is 0. The average molecular weight is 402 g/mol. The molecule has 0 spiro atoms. The van der Waals surface area contributed by atoms with Crippen LogP contribution in [0.5, 0.6) is 0 Å². The Bertz CT molecular complexity index is 1160. The summed E-state index contributed by atoms with van der Waals surface area (Å²) in [6, 6.07) is 16.8. The summed E-state index contributed by atoms with van der Waals surface area (Å²) in [6.45, 7) is 2.94. The molecule has 2 aromatic heterocycles. The van der Waals surface area contributed by atoms with E-state index in [0.29, 0.717) is 11.8 Å². The van der Waals surface area contributed by atoms with E-state index < -0.39 is 0 Å². The lowest BCUT2D eigenvalue weighted by atomic mass is 10.1. The van der Waals surface area contributed by atoms with Crippen molar-refractivity contribution in [2.45, 2.75) is 18.9 Å². The molecule has 0 N–H and O–H groups in total. The highest BCUT2D eigenvalue weighted by Crippen LogP contribution is 2.31. The van der Waals surface area contributed by atoms with Gasteiger partial charge in [-0.25, -0.2) is 0 Å². The maximum atomic E-state index is 6.06. The number of likely N-dealkylation sites (tertiary alicyclic amines) is 1. The van der Waals surface area contributed by atoms with Crippen LogP contribution in [0.2, 0.25) is 0 Å². The molecule has 0 unspecified atom stereocenters. The molecule has 0 amide bonds. The third-order valence-corrected chi connectivity index (χ3v) is 6.07. The smallest absolute Gasteiger partial charge is 0.247 e. The summed E-state index contributed by atoms with van der Waals surface area (Å²) in [5, 5.41) is 10.0. The fourth-order valence-corrected chi connectivity index (χ4v) is 4.39. The quantitative estimate of drug-likeness (QED) is 0.499. The van der Waals surface area contributed by atoms with Crippen LogP contribution in [0.15, 0.2) is 59.1 Å². The summed E-state index contributed by atoms with van der Waals surface area (Å²) in [5.41, 5.74) is 4.77. The molecule has 0 saturated carbocycles. The fourth-order valence-electron chi connectivity index (χ4n) is 4.39. The normalized spacial score (nSPS) is 17.1. The van der Waals surface area contributed by atoms with E-state index in [2.05, 4.69) is 74.2 Å². The molecule has 6 nitrogen and oxygen atoms in total. The number of para-hydroxylation sites is 1. The number of fused-ring (bicyclic) bond motifs is 1. The largest absolute Gasteiger partial charge is 0.420 e. The molecule has 1 aliphatic rings. The van der Waals surface area contributed by atoms with E-state index in [1.807, 2.05) is 26.2 Å². The lowest BCUT2D eigenvalue weighted by molar-refractivity contribution is 0.321. The third kappa shape index (κ3) is 3.48. The van der Waals surface area contributed by atoms with Gasteiger partial charge in [0.2, 0.25) is 11.8 Å². The molecule has 154 valence electrons. The second kappa shape index (κ2) is 7.61. The van der Waals surface area contributed by atoms with Gasteiger partial charge in [-0.05, 0) is 48.9 Å². The van der Waals surface area contributed by atoms with Gasteiger partial charge in [-0.15, -0.1) is 10.2 Å². The van der Waals surface area contributed by atoms with Crippen LogP contribution in [0, 0.1) is 0 Å². The first-order valence-electron chi connectivity index (χ1n) is 10.4. The molecule has 5 rings (SSSR count). The third-order valence-electron chi connectivity index (χ3n) is 6.07. The Kier molecular flexibility index (Phi) is 4.79. The van der Waals surface area contributed by atoms with E-state index in [1.165, 1.54) is 16.5 Å². The minimum atomic E-state index is 0.294. The Morgan fingerprint density at radius 2 is 1.87 bits per heavy atom. The monoisotopic (exact) mass is 401 g/mol. The summed E-state index contributed by atoms with van der Waals surface area (Å²) in [5.74, 6) is 1.65. The second-order valence-electron chi connectivity index (χ2n) is 8.39. The SMILES string of the molecule is CN(C)c1ccc(-c2nnc([C@H]3CCN(Cc4cn(C)c5ccccc45)C3)o2)cc1. The van der Waals surface area contributed by atoms with Crippen LogP contribution < -0.4 is 4.90 Å². The fraction of sp³-hybridized carbons (Fsp3) is 0.333. The number of aromatic nitrogens is 3. The molecular weight excluding hydrogens is 374 g/mol. The van der Waals surface area contributed by atoms with E-state index in [0.717, 1.165) is 43.2 Å².